The van der Waals surface area contributed by atoms with Gasteiger partial charge in [-0.25, -0.2) is 9.78 Å². The Bertz CT molecular complexity index is 1560. The molecule has 0 radical (unpaired) electrons. The minimum atomic E-state index is -0.453. The molecule has 1 spiro atoms. The van der Waals surface area contributed by atoms with Gasteiger partial charge in [0.25, 0.3) is 0 Å². The van der Waals surface area contributed by atoms with E-state index < -0.39 is 5.60 Å². The number of ether oxygens (including phenoxy) is 2. The first-order valence-electron chi connectivity index (χ1n) is 13.8. The summed E-state index contributed by atoms with van der Waals surface area (Å²) in [6.07, 6.45) is 3.37. The van der Waals surface area contributed by atoms with E-state index in [0.29, 0.717) is 6.73 Å². The van der Waals surface area contributed by atoms with Gasteiger partial charge in [0.05, 0.1) is 17.0 Å². The fraction of sp³-hybridized carbons (Fsp3) is 0.344. The second-order valence-corrected chi connectivity index (χ2v) is 12.3. The molecule has 40 heavy (non-hydrogen) atoms. The Hall–Kier alpha value is -4.17. The Labute approximate surface area is 234 Å². The summed E-state index contributed by atoms with van der Waals surface area (Å²) in [5.74, 6) is 1.68. The first-order chi connectivity index (χ1) is 19.3. The number of imidazole rings is 1. The molecule has 3 aliphatic rings. The van der Waals surface area contributed by atoms with Crippen LogP contribution >= 0.6 is 0 Å². The molecule has 4 aromatic rings. The number of aromatic nitrogens is 3. The van der Waals surface area contributed by atoms with E-state index in [1.807, 2.05) is 44.0 Å². The van der Waals surface area contributed by atoms with Gasteiger partial charge in [-0.15, -0.1) is 0 Å². The van der Waals surface area contributed by atoms with Crippen molar-refractivity contribution in [1.29, 1.82) is 0 Å². The number of carbonyl (C=O) groups is 1. The smallest absolute Gasteiger partial charge is 0.410 e. The Morgan fingerprint density at radius 1 is 0.975 bits per heavy atom. The standard InChI is InChI=1S/C32H33N5O3/c1-31(2,3)40-30(38)36-19-32(20-36)17-35(18-32)16-22-9-11-23(12-10-22)27-28(24-7-5-4-6-8-24)37-21-39-26-13-14-33-15-25(26)29(37)34-27/h4-15H,16-21H2,1-3H3. The molecule has 0 aliphatic carbocycles. The molecule has 7 rings (SSSR count). The Kier molecular flexibility index (Phi) is 5.71. The van der Waals surface area contributed by atoms with Crippen LogP contribution in [0.25, 0.3) is 33.9 Å². The fourth-order valence-electron chi connectivity index (χ4n) is 6.14. The summed E-state index contributed by atoms with van der Waals surface area (Å²) >= 11 is 0. The molecular formula is C32H33N5O3. The van der Waals surface area contributed by atoms with E-state index in [1.165, 1.54) is 5.56 Å². The third-order valence-electron chi connectivity index (χ3n) is 7.84. The predicted octanol–water partition coefficient (Wildman–Crippen LogP) is 5.68. The maximum absolute atomic E-state index is 12.3. The molecule has 0 N–H and O–H groups in total. The lowest BCUT2D eigenvalue weighted by molar-refractivity contribution is -0.115. The van der Waals surface area contributed by atoms with Crippen LogP contribution in [-0.2, 0) is 18.0 Å². The normalized spacial score (nSPS) is 17.3. The number of amides is 1. The maximum atomic E-state index is 12.3. The second kappa shape index (κ2) is 9.20. The zero-order chi connectivity index (χ0) is 27.5. The van der Waals surface area contributed by atoms with Crippen LogP contribution in [0.5, 0.6) is 5.75 Å². The molecule has 8 nitrogen and oxygen atoms in total. The van der Waals surface area contributed by atoms with Gasteiger partial charge in [-0.1, -0.05) is 54.6 Å². The summed E-state index contributed by atoms with van der Waals surface area (Å²) < 4.78 is 13.7. The van der Waals surface area contributed by atoms with Crippen molar-refractivity contribution in [3.63, 3.8) is 0 Å². The van der Waals surface area contributed by atoms with Crippen LogP contribution in [0.3, 0.4) is 0 Å². The van der Waals surface area contributed by atoms with Crippen LogP contribution < -0.4 is 4.74 Å². The summed E-state index contributed by atoms with van der Waals surface area (Å²) in [5.41, 5.74) is 6.10. The number of hydrogen-bond acceptors (Lipinski definition) is 6. The molecule has 0 unspecified atom stereocenters. The Morgan fingerprint density at radius 3 is 2.45 bits per heavy atom. The van der Waals surface area contributed by atoms with Crippen LogP contribution in [0.15, 0.2) is 73.1 Å². The number of rotatable bonds is 4. The molecule has 2 aromatic heterocycles. The minimum absolute atomic E-state index is 0.200. The zero-order valence-corrected chi connectivity index (χ0v) is 23.1. The van der Waals surface area contributed by atoms with E-state index in [4.69, 9.17) is 14.5 Å². The highest BCUT2D eigenvalue weighted by Gasteiger charge is 2.53. The van der Waals surface area contributed by atoms with Gasteiger partial charge in [0.1, 0.15) is 17.2 Å². The van der Waals surface area contributed by atoms with Gasteiger partial charge in [-0.05, 0) is 32.4 Å². The number of nitrogens with zero attached hydrogens (tertiary/aromatic N) is 5. The number of carbonyl (C=O) groups excluding carboxylic acids is 1. The van der Waals surface area contributed by atoms with Crippen molar-refractivity contribution in [1.82, 2.24) is 24.3 Å². The van der Waals surface area contributed by atoms with Crippen molar-refractivity contribution in [2.45, 2.75) is 39.6 Å². The number of likely N-dealkylation sites (tertiary alicyclic amines) is 2. The average Bonchev–Trinajstić information content (AvgIpc) is 3.29. The summed E-state index contributed by atoms with van der Waals surface area (Å²) in [5, 5.41) is 0. The quantitative estimate of drug-likeness (QED) is 0.335. The molecule has 2 saturated heterocycles. The second-order valence-electron chi connectivity index (χ2n) is 12.3. The molecular weight excluding hydrogens is 502 g/mol. The van der Waals surface area contributed by atoms with Crippen molar-refractivity contribution in [2.24, 2.45) is 5.41 Å². The van der Waals surface area contributed by atoms with E-state index in [0.717, 1.165) is 72.4 Å². The van der Waals surface area contributed by atoms with E-state index in [2.05, 4.69) is 63.0 Å². The molecule has 5 heterocycles. The van der Waals surface area contributed by atoms with Crippen LogP contribution in [0.4, 0.5) is 4.79 Å². The van der Waals surface area contributed by atoms with Crippen LogP contribution in [0.1, 0.15) is 26.3 Å². The van der Waals surface area contributed by atoms with Gasteiger partial charge in [-0.2, -0.15) is 0 Å². The van der Waals surface area contributed by atoms with Crippen LogP contribution in [0.2, 0.25) is 0 Å². The first-order valence-corrected chi connectivity index (χ1v) is 13.8. The third-order valence-corrected chi connectivity index (χ3v) is 7.84. The lowest BCUT2D eigenvalue weighted by Crippen LogP contribution is -2.72. The number of hydrogen-bond donors (Lipinski definition) is 0. The fourth-order valence-corrected chi connectivity index (χ4v) is 6.14. The van der Waals surface area contributed by atoms with Crippen molar-refractivity contribution in [2.75, 3.05) is 26.2 Å². The van der Waals surface area contributed by atoms with Gasteiger partial charge in [0.15, 0.2) is 6.73 Å². The van der Waals surface area contributed by atoms with Gasteiger partial charge in [0.2, 0.25) is 0 Å². The monoisotopic (exact) mass is 535 g/mol. The molecule has 2 aromatic carbocycles. The van der Waals surface area contributed by atoms with E-state index in [9.17, 15) is 4.79 Å². The molecule has 3 aliphatic heterocycles. The third kappa shape index (κ3) is 4.42. The number of benzene rings is 2. The zero-order valence-electron chi connectivity index (χ0n) is 23.1. The predicted molar refractivity (Wildman–Crippen MR) is 152 cm³/mol. The molecule has 0 bridgehead atoms. The lowest BCUT2D eigenvalue weighted by Gasteiger charge is -2.60. The van der Waals surface area contributed by atoms with E-state index >= 15 is 0 Å². The minimum Gasteiger partial charge on any atom is -0.472 e. The van der Waals surface area contributed by atoms with E-state index in [-0.39, 0.29) is 11.5 Å². The molecule has 0 saturated carbocycles. The van der Waals surface area contributed by atoms with Crippen molar-refractivity contribution in [3.8, 4) is 39.7 Å². The molecule has 204 valence electrons. The Morgan fingerprint density at radius 2 is 1.73 bits per heavy atom. The summed E-state index contributed by atoms with van der Waals surface area (Å²) in [6.45, 7) is 10.6. The van der Waals surface area contributed by atoms with Crippen LogP contribution in [0, 0.1) is 5.41 Å². The highest BCUT2D eigenvalue weighted by molar-refractivity contribution is 5.83. The highest BCUT2D eigenvalue weighted by Crippen LogP contribution is 2.42. The average molecular weight is 536 g/mol. The van der Waals surface area contributed by atoms with Gasteiger partial charge >= 0.3 is 6.09 Å². The van der Waals surface area contributed by atoms with Crippen LogP contribution in [-0.4, -0.2) is 62.2 Å². The Balaban J connectivity index is 1.07. The largest absolute Gasteiger partial charge is 0.472 e. The topological polar surface area (TPSA) is 72.7 Å². The summed E-state index contributed by atoms with van der Waals surface area (Å²) in [7, 11) is 0. The summed E-state index contributed by atoms with van der Waals surface area (Å²) in [4.78, 5) is 26.0. The highest BCUT2D eigenvalue weighted by atomic mass is 16.6. The summed E-state index contributed by atoms with van der Waals surface area (Å²) in [6, 6.07) is 21.0. The van der Waals surface area contributed by atoms with Gasteiger partial charge in [-0.3, -0.25) is 14.5 Å². The molecule has 8 heteroatoms. The lowest BCUT2D eigenvalue weighted by atomic mass is 9.73. The van der Waals surface area contributed by atoms with E-state index in [1.54, 1.807) is 6.20 Å². The SMILES string of the molecule is CC(C)(C)OC(=O)N1CC2(CN(Cc3ccc(-c4nc5n(c4-c4ccccc4)COc4ccncc4-5)cc3)C2)C1. The molecule has 1 amide bonds. The molecule has 2 fully saturated rings. The van der Waals surface area contributed by atoms with Gasteiger partial charge < -0.3 is 14.4 Å². The molecule has 0 atom stereocenters. The van der Waals surface area contributed by atoms with Crippen molar-refractivity contribution < 1.29 is 14.3 Å². The number of fused-ring (bicyclic) bond motifs is 3. The maximum Gasteiger partial charge on any atom is 0.410 e. The van der Waals surface area contributed by atoms with Crippen molar-refractivity contribution >= 4 is 6.09 Å². The number of pyridine rings is 1. The first kappa shape index (κ1) is 24.8. The van der Waals surface area contributed by atoms with Gasteiger partial charge in [0, 0.05) is 61.7 Å². The van der Waals surface area contributed by atoms with Crippen molar-refractivity contribution in [3.05, 3.63) is 78.6 Å².